The highest BCUT2D eigenvalue weighted by atomic mass is 79.9. The molecule has 0 bridgehead atoms. The second-order valence-electron chi connectivity index (χ2n) is 5.29. The summed E-state index contributed by atoms with van der Waals surface area (Å²) < 4.78 is 3.05. The molecule has 0 aliphatic rings. The summed E-state index contributed by atoms with van der Waals surface area (Å²) in [5.74, 6) is 5.79. The normalized spacial score (nSPS) is 12.6. The number of nitrogens with zero attached hydrogens (tertiary/aromatic N) is 2. The number of aryl methyl sites for hydroxylation is 3. The zero-order valence-corrected chi connectivity index (χ0v) is 14.2. The Labute approximate surface area is 134 Å². The maximum Gasteiger partial charge on any atom is 0.0709 e. The largest absolute Gasteiger partial charge is 0.271 e. The predicted molar refractivity (Wildman–Crippen MR) is 89.8 cm³/mol. The molecule has 1 aromatic carbocycles. The molecular weight excluding hydrogens is 328 g/mol. The third kappa shape index (κ3) is 3.93. The summed E-state index contributed by atoms with van der Waals surface area (Å²) in [6.07, 6.45) is 4.83. The Morgan fingerprint density at radius 1 is 1.38 bits per heavy atom. The molecular formula is C16H23BrN4. The molecule has 4 nitrogen and oxygen atoms in total. The maximum absolute atomic E-state index is 5.79. The summed E-state index contributed by atoms with van der Waals surface area (Å²) in [5, 5.41) is 4.42. The van der Waals surface area contributed by atoms with Crippen LogP contribution in [0.5, 0.6) is 0 Å². The molecule has 21 heavy (non-hydrogen) atoms. The number of nitrogens with one attached hydrogen (secondary N) is 1. The molecule has 5 heteroatoms. The van der Waals surface area contributed by atoms with Gasteiger partial charge in [-0.05, 0) is 53.2 Å². The molecule has 0 spiro atoms. The fourth-order valence-electron chi connectivity index (χ4n) is 2.60. The van der Waals surface area contributed by atoms with E-state index in [0.29, 0.717) is 0 Å². The fraction of sp³-hybridized carbons (Fsp3) is 0.438. The lowest BCUT2D eigenvalue weighted by Crippen LogP contribution is -2.30. The van der Waals surface area contributed by atoms with Crippen molar-refractivity contribution in [1.29, 1.82) is 0 Å². The van der Waals surface area contributed by atoms with Gasteiger partial charge in [-0.25, -0.2) is 0 Å². The molecule has 114 valence electrons. The van der Waals surface area contributed by atoms with Crippen LogP contribution in [0.3, 0.4) is 0 Å². The number of rotatable bonds is 7. The van der Waals surface area contributed by atoms with E-state index in [1.807, 2.05) is 10.9 Å². The second-order valence-corrected chi connectivity index (χ2v) is 6.14. The Kier molecular flexibility index (Phi) is 5.96. The Balaban J connectivity index is 2.13. The highest BCUT2D eigenvalue weighted by Crippen LogP contribution is 2.27. The van der Waals surface area contributed by atoms with Crippen LogP contribution in [0.15, 0.2) is 34.9 Å². The van der Waals surface area contributed by atoms with E-state index in [1.54, 1.807) is 0 Å². The summed E-state index contributed by atoms with van der Waals surface area (Å²) in [6, 6.07) is 8.58. The topological polar surface area (TPSA) is 55.9 Å². The monoisotopic (exact) mass is 350 g/mol. The van der Waals surface area contributed by atoms with Gasteiger partial charge in [0.2, 0.25) is 0 Å². The molecule has 2 aromatic rings. The molecule has 3 N–H and O–H groups in total. The van der Waals surface area contributed by atoms with Crippen molar-refractivity contribution in [2.24, 2.45) is 5.84 Å². The molecule has 0 aliphatic heterocycles. The third-order valence-electron chi connectivity index (χ3n) is 3.76. The van der Waals surface area contributed by atoms with E-state index in [0.717, 1.165) is 36.0 Å². The van der Waals surface area contributed by atoms with Crippen molar-refractivity contribution < 1.29 is 0 Å². The first-order chi connectivity index (χ1) is 10.2. The predicted octanol–water partition coefficient (Wildman–Crippen LogP) is 3.50. The summed E-state index contributed by atoms with van der Waals surface area (Å²) in [7, 11) is 0. The molecule has 0 amide bonds. The first kappa shape index (κ1) is 16.2. The van der Waals surface area contributed by atoms with E-state index in [-0.39, 0.29) is 6.04 Å². The molecule has 0 saturated carbocycles. The molecule has 0 saturated heterocycles. The van der Waals surface area contributed by atoms with Crippen molar-refractivity contribution in [3.8, 4) is 0 Å². The van der Waals surface area contributed by atoms with Gasteiger partial charge in [0.05, 0.1) is 22.4 Å². The Bertz CT molecular complexity index is 579. The molecule has 0 aliphatic carbocycles. The van der Waals surface area contributed by atoms with E-state index < -0.39 is 0 Å². The van der Waals surface area contributed by atoms with Crippen molar-refractivity contribution in [3.63, 3.8) is 0 Å². The van der Waals surface area contributed by atoms with Gasteiger partial charge in [-0.2, -0.15) is 5.10 Å². The lowest BCUT2D eigenvalue weighted by atomic mass is 10.00. The number of hydrazine groups is 1. The summed E-state index contributed by atoms with van der Waals surface area (Å²) >= 11 is 3.59. The van der Waals surface area contributed by atoms with Crippen LogP contribution < -0.4 is 11.3 Å². The zero-order valence-electron chi connectivity index (χ0n) is 12.6. The Morgan fingerprint density at radius 3 is 2.81 bits per heavy atom. The van der Waals surface area contributed by atoms with Gasteiger partial charge in [-0.3, -0.25) is 16.0 Å². The average Bonchev–Trinajstić information content (AvgIpc) is 2.84. The molecule has 1 unspecified atom stereocenters. The fourth-order valence-corrected chi connectivity index (χ4v) is 3.17. The van der Waals surface area contributed by atoms with Crippen LogP contribution in [0, 0.1) is 6.92 Å². The minimum atomic E-state index is 0.0908. The van der Waals surface area contributed by atoms with Gasteiger partial charge in [0.15, 0.2) is 0 Å². The number of aromatic nitrogens is 2. The molecule has 1 atom stereocenters. The van der Waals surface area contributed by atoms with Crippen LogP contribution in [0.25, 0.3) is 0 Å². The van der Waals surface area contributed by atoms with Crippen molar-refractivity contribution in [1.82, 2.24) is 15.2 Å². The number of halogens is 1. The first-order valence-electron chi connectivity index (χ1n) is 7.39. The van der Waals surface area contributed by atoms with Gasteiger partial charge >= 0.3 is 0 Å². The number of nitrogens with two attached hydrogens (primary N) is 1. The van der Waals surface area contributed by atoms with Gasteiger partial charge in [0, 0.05) is 6.54 Å². The van der Waals surface area contributed by atoms with E-state index >= 15 is 0 Å². The second kappa shape index (κ2) is 7.73. The van der Waals surface area contributed by atoms with Crippen molar-refractivity contribution in [2.75, 3.05) is 0 Å². The number of hydrogen-bond acceptors (Lipinski definition) is 3. The van der Waals surface area contributed by atoms with E-state index in [9.17, 15) is 0 Å². The van der Waals surface area contributed by atoms with Gasteiger partial charge in [-0.1, -0.05) is 31.2 Å². The van der Waals surface area contributed by atoms with Gasteiger partial charge in [0.1, 0.15) is 0 Å². The Hall–Kier alpha value is -1.17. The number of benzene rings is 1. The quantitative estimate of drug-likeness (QED) is 0.593. The minimum Gasteiger partial charge on any atom is -0.271 e. The van der Waals surface area contributed by atoms with Crippen LogP contribution in [0.4, 0.5) is 0 Å². The van der Waals surface area contributed by atoms with Crippen molar-refractivity contribution in [2.45, 2.75) is 45.7 Å². The lowest BCUT2D eigenvalue weighted by Gasteiger charge is -2.19. The third-order valence-corrected chi connectivity index (χ3v) is 4.37. The molecule has 2 rings (SSSR count). The van der Waals surface area contributed by atoms with E-state index in [1.165, 1.54) is 11.1 Å². The highest BCUT2D eigenvalue weighted by molar-refractivity contribution is 9.10. The first-order valence-corrected chi connectivity index (χ1v) is 8.18. The summed E-state index contributed by atoms with van der Waals surface area (Å²) in [5.41, 5.74) is 6.77. The number of hydrogen-bond donors (Lipinski definition) is 2. The smallest absolute Gasteiger partial charge is 0.0709 e. The van der Waals surface area contributed by atoms with Gasteiger partial charge in [0.25, 0.3) is 0 Å². The minimum absolute atomic E-state index is 0.0908. The van der Waals surface area contributed by atoms with Crippen LogP contribution in [-0.2, 0) is 13.0 Å². The van der Waals surface area contributed by atoms with Crippen LogP contribution >= 0.6 is 15.9 Å². The van der Waals surface area contributed by atoms with Crippen LogP contribution in [-0.4, -0.2) is 9.78 Å². The standard InChI is InChI=1S/C16H23BrN4/c1-3-10-21-16(14(17)11-19-21)15(20-18)9-8-13-7-5-4-6-12(13)2/h4-7,11,15,20H,3,8-10,18H2,1-2H3. The maximum atomic E-state index is 5.79. The zero-order chi connectivity index (χ0) is 15.2. The molecule has 0 radical (unpaired) electrons. The molecule has 1 aromatic heterocycles. The van der Waals surface area contributed by atoms with E-state index in [2.05, 4.69) is 64.6 Å². The van der Waals surface area contributed by atoms with Crippen LogP contribution in [0.2, 0.25) is 0 Å². The average molecular weight is 351 g/mol. The van der Waals surface area contributed by atoms with Crippen molar-refractivity contribution in [3.05, 3.63) is 51.8 Å². The van der Waals surface area contributed by atoms with E-state index in [4.69, 9.17) is 5.84 Å². The highest BCUT2D eigenvalue weighted by Gasteiger charge is 2.19. The molecule has 1 heterocycles. The van der Waals surface area contributed by atoms with Gasteiger partial charge in [-0.15, -0.1) is 0 Å². The molecule has 0 fully saturated rings. The van der Waals surface area contributed by atoms with Gasteiger partial charge < -0.3 is 0 Å². The summed E-state index contributed by atoms with van der Waals surface area (Å²) in [6.45, 7) is 5.21. The lowest BCUT2D eigenvalue weighted by molar-refractivity contribution is 0.456. The Morgan fingerprint density at radius 2 is 2.14 bits per heavy atom. The SMILES string of the molecule is CCCn1ncc(Br)c1C(CCc1ccccc1C)NN. The van der Waals surface area contributed by atoms with Crippen molar-refractivity contribution >= 4 is 15.9 Å². The summed E-state index contributed by atoms with van der Waals surface area (Å²) in [4.78, 5) is 0. The van der Waals surface area contributed by atoms with Crippen LogP contribution in [0.1, 0.15) is 42.6 Å².